The number of halogens is 2. The van der Waals surface area contributed by atoms with Crippen molar-refractivity contribution in [3.63, 3.8) is 0 Å². The number of benzene rings is 1. The van der Waals surface area contributed by atoms with E-state index in [0.717, 1.165) is 6.07 Å². The smallest absolute Gasteiger partial charge is 0.258 e. The fraction of sp³-hybridized carbons (Fsp3) is 0.250. The van der Waals surface area contributed by atoms with Crippen molar-refractivity contribution < 1.29 is 9.31 Å². The molecule has 0 aliphatic rings. The van der Waals surface area contributed by atoms with Crippen molar-refractivity contribution in [3.05, 3.63) is 39.2 Å². The van der Waals surface area contributed by atoms with Crippen molar-refractivity contribution in [2.45, 2.75) is 12.3 Å². The van der Waals surface area contributed by atoms with Crippen LogP contribution >= 0.6 is 15.9 Å². The maximum Gasteiger partial charge on any atom is 0.309 e. The molecule has 70 valence electrons. The maximum atomic E-state index is 13.0. The van der Waals surface area contributed by atoms with Gasteiger partial charge in [0.05, 0.1) is 4.92 Å². The van der Waals surface area contributed by atoms with E-state index < -0.39 is 16.4 Å². The lowest BCUT2D eigenvalue weighted by molar-refractivity contribution is -0.388. The summed E-state index contributed by atoms with van der Waals surface area (Å²) in [5.74, 6) is -0.787. The van der Waals surface area contributed by atoms with Gasteiger partial charge in [-0.3, -0.25) is 10.1 Å². The minimum Gasteiger partial charge on any atom is -0.258 e. The first-order valence-corrected chi connectivity index (χ1v) is 4.68. The largest absolute Gasteiger partial charge is 0.309 e. The fourth-order valence-electron chi connectivity index (χ4n) is 1.07. The van der Waals surface area contributed by atoms with Gasteiger partial charge in [-0.2, -0.15) is 4.39 Å². The summed E-state index contributed by atoms with van der Waals surface area (Å²) in [5, 5.41) is 10.8. The molecule has 0 heterocycles. The van der Waals surface area contributed by atoms with Crippen LogP contribution in [0.3, 0.4) is 0 Å². The van der Waals surface area contributed by atoms with Crippen molar-refractivity contribution in [2.75, 3.05) is 0 Å². The molecule has 0 atom stereocenters. The van der Waals surface area contributed by atoms with Gasteiger partial charge in [0.25, 0.3) is 0 Å². The molecule has 1 rings (SSSR count). The SMILES string of the molecule is Cc1ccc(F)c([N+](=O)[O-])c1CBr. The molecule has 1 aromatic carbocycles. The lowest BCUT2D eigenvalue weighted by Gasteiger charge is -2.03. The van der Waals surface area contributed by atoms with Crippen LogP contribution in [0.1, 0.15) is 11.1 Å². The number of hydrogen-bond acceptors (Lipinski definition) is 2. The van der Waals surface area contributed by atoms with Gasteiger partial charge in [-0.05, 0) is 18.6 Å². The molecular weight excluding hydrogens is 241 g/mol. The monoisotopic (exact) mass is 247 g/mol. The van der Waals surface area contributed by atoms with Crippen molar-refractivity contribution in [2.24, 2.45) is 0 Å². The molecule has 0 fully saturated rings. The quantitative estimate of drug-likeness (QED) is 0.458. The van der Waals surface area contributed by atoms with Crippen LogP contribution in [0.25, 0.3) is 0 Å². The van der Waals surface area contributed by atoms with E-state index in [9.17, 15) is 14.5 Å². The Kier molecular flexibility index (Phi) is 2.98. The molecule has 0 aromatic heterocycles. The summed E-state index contributed by atoms with van der Waals surface area (Å²) in [6, 6.07) is 2.64. The topological polar surface area (TPSA) is 43.1 Å². The highest BCUT2D eigenvalue weighted by molar-refractivity contribution is 9.08. The first-order chi connectivity index (χ1) is 6.07. The Morgan fingerprint density at radius 2 is 2.23 bits per heavy atom. The van der Waals surface area contributed by atoms with Gasteiger partial charge in [-0.25, -0.2) is 0 Å². The van der Waals surface area contributed by atoms with Crippen LogP contribution in [0.2, 0.25) is 0 Å². The molecule has 0 saturated heterocycles. The predicted octanol–water partition coefficient (Wildman–Crippen LogP) is 2.94. The zero-order valence-electron chi connectivity index (χ0n) is 6.88. The first-order valence-electron chi connectivity index (χ1n) is 3.56. The Morgan fingerprint density at radius 1 is 1.62 bits per heavy atom. The third-order valence-corrected chi connectivity index (χ3v) is 2.34. The second-order valence-corrected chi connectivity index (χ2v) is 3.14. The van der Waals surface area contributed by atoms with Crippen molar-refractivity contribution in [1.29, 1.82) is 0 Å². The highest BCUT2D eigenvalue weighted by Gasteiger charge is 2.20. The number of nitrogens with zero attached hydrogens (tertiary/aromatic N) is 1. The van der Waals surface area contributed by atoms with E-state index in [1.807, 2.05) is 0 Å². The van der Waals surface area contributed by atoms with E-state index >= 15 is 0 Å². The Hall–Kier alpha value is -0.970. The van der Waals surface area contributed by atoms with Crippen LogP contribution in [-0.2, 0) is 5.33 Å². The molecule has 0 radical (unpaired) electrons. The van der Waals surface area contributed by atoms with E-state index in [-0.39, 0.29) is 5.33 Å². The molecule has 0 spiro atoms. The Morgan fingerprint density at radius 3 is 2.62 bits per heavy atom. The normalized spacial score (nSPS) is 10.1. The first kappa shape index (κ1) is 10.1. The van der Waals surface area contributed by atoms with Crippen molar-refractivity contribution in [1.82, 2.24) is 0 Å². The summed E-state index contributed by atoms with van der Waals surface area (Å²) in [7, 11) is 0. The van der Waals surface area contributed by atoms with Gasteiger partial charge in [-0.1, -0.05) is 22.0 Å². The molecule has 0 aliphatic heterocycles. The standard InChI is InChI=1S/C8H7BrFNO2/c1-5-2-3-7(10)8(11(12)13)6(5)4-9/h2-3H,4H2,1H3. The summed E-state index contributed by atoms with van der Waals surface area (Å²) in [4.78, 5) is 9.80. The van der Waals surface area contributed by atoms with Gasteiger partial charge >= 0.3 is 5.69 Å². The summed E-state index contributed by atoms with van der Waals surface area (Å²) in [6.07, 6.45) is 0. The highest BCUT2D eigenvalue weighted by atomic mass is 79.9. The second-order valence-electron chi connectivity index (χ2n) is 2.58. The number of nitro groups is 1. The van der Waals surface area contributed by atoms with E-state index in [2.05, 4.69) is 15.9 Å². The second kappa shape index (κ2) is 3.83. The number of nitro benzene ring substituents is 1. The van der Waals surface area contributed by atoms with E-state index in [4.69, 9.17) is 0 Å². The molecule has 0 N–H and O–H groups in total. The Balaban J connectivity index is 3.43. The third-order valence-electron chi connectivity index (χ3n) is 1.78. The van der Waals surface area contributed by atoms with Crippen LogP contribution in [0.5, 0.6) is 0 Å². The van der Waals surface area contributed by atoms with E-state index in [1.54, 1.807) is 6.92 Å². The fourth-order valence-corrected chi connectivity index (χ4v) is 1.78. The molecule has 0 amide bonds. The van der Waals surface area contributed by atoms with E-state index in [1.165, 1.54) is 6.07 Å². The molecule has 0 saturated carbocycles. The van der Waals surface area contributed by atoms with Crippen LogP contribution in [-0.4, -0.2) is 4.92 Å². The minimum absolute atomic E-state index is 0.285. The summed E-state index contributed by atoms with van der Waals surface area (Å²) < 4.78 is 13.0. The molecule has 13 heavy (non-hydrogen) atoms. The molecule has 1 aromatic rings. The Labute approximate surface area is 82.8 Å². The average molecular weight is 248 g/mol. The number of hydrogen-bond donors (Lipinski definition) is 0. The highest BCUT2D eigenvalue weighted by Crippen LogP contribution is 2.27. The maximum absolute atomic E-state index is 13.0. The van der Waals surface area contributed by atoms with Crippen LogP contribution in [0, 0.1) is 22.9 Å². The number of aryl methyl sites for hydroxylation is 1. The molecule has 0 aliphatic carbocycles. The van der Waals surface area contributed by atoms with Crippen LogP contribution in [0.4, 0.5) is 10.1 Å². The Bertz CT molecular complexity index is 354. The third kappa shape index (κ3) is 1.85. The number of rotatable bonds is 2. The molecular formula is C8H7BrFNO2. The zero-order chi connectivity index (χ0) is 10.0. The van der Waals surface area contributed by atoms with Crippen LogP contribution in [0.15, 0.2) is 12.1 Å². The van der Waals surface area contributed by atoms with Gasteiger partial charge in [0.1, 0.15) is 0 Å². The van der Waals surface area contributed by atoms with Gasteiger partial charge in [0.2, 0.25) is 5.82 Å². The summed E-state index contributed by atoms with van der Waals surface area (Å²) >= 11 is 3.09. The van der Waals surface area contributed by atoms with Gasteiger partial charge in [-0.15, -0.1) is 0 Å². The minimum atomic E-state index is -0.787. The average Bonchev–Trinajstić information content (AvgIpc) is 2.07. The van der Waals surface area contributed by atoms with Gasteiger partial charge in [0, 0.05) is 10.9 Å². The molecule has 0 unspecified atom stereocenters. The van der Waals surface area contributed by atoms with Crippen molar-refractivity contribution >= 4 is 21.6 Å². The lowest BCUT2D eigenvalue weighted by atomic mass is 10.1. The van der Waals surface area contributed by atoms with Gasteiger partial charge < -0.3 is 0 Å². The summed E-state index contributed by atoms with van der Waals surface area (Å²) in [6.45, 7) is 1.71. The lowest BCUT2D eigenvalue weighted by Crippen LogP contribution is -1.99. The summed E-state index contributed by atoms with van der Waals surface area (Å²) in [5.41, 5.74) is 0.673. The number of alkyl halides is 1. The predicted molar refractivity (Wildman–Crippen MR) is 50.4 cm³/mol. The van der Waals surface area contributed by atoms with Crippen molar-refractivity contribution in [3.8, 4) is 0 Å². The zero-order valence-corrected chi connectivity index (χ0v) is 8.47. The molecule has 3 nitrogen and oxygen atoms in total. The van der Waals surface area contributed by atoms with E-state index in [0.29, 0.717) is 11.1 Å². The molecule has 5 heteroatoms. The van der Waals surface area contributed by atoms with Gasteiger partial charge in [0.15, 0.2) is 0 Å². The van der Waals surface area contributed by atoms with Crippen LogP contribution < -0.4 is 0 Å². The molecule has 0 bridgehead atoms.